The molecule has 0 aliphatic heterocycles. The van der Waals surface area contributed by atoms with Gasteiger partial charge in [-0.2, -0.15) is 5.26 Å². The summed E-state index contributed by atoms with van der Waals surface area (Å²) in [7, 11) is 0. The summed E-state index contributed by atoms with van der Waals surface area (Å²) in [6.07, 6.45) is 1.45. The molecule has 84 valence electrons. The van der Waals surface area contributed by atoms with Gasteiger partial charge in [0.1, 0.15) is 17.5 Å². The van der Waals surface area contributed by atoms with E-state index in [9.17, 15) is 8.78 Å². The van der Waals surface area contributed by atoms with Gasteiger partial charge in [-0.3, -0.25) is 0 Å². The summed E-state index contributed by atoms with van der Waals surface area (Å²) in [6.45, 7) is 0. The van der Waals surface area contributed by atoms with Crippen molar-refractivity contribution in [1.29, 1.82) is 5.26 Å². The van der Waals surface area contributed by atoms with Gasteiger partial charge in [-0.15, -0.1) is 0 Å². The molecule has 1 aromatic heterocycles. The maximum Gasteiger partial charge on any atom is 0.142 e. The largest absolute Gasteiger partial charge is 0.240 e. The van der Waals surface area contributed by atoms with Crippen molar-refractivity contribution >= 4 is 0 Å². The minimum absolute atomic E-state index is 0.0325. The van der Waals surface area contributed by atoms with Crippen molar-refractivity contribution in [1.82, 2.24) is 9.97 Å². The topological polar surface area (TPSA) is 49.6 Å². The Morgan fingerprint density at radius 2 is 2.06 bits per heavy atom. The van der Waals surface area contributed by atoms with Gasteiger partial charge in [0.05, 0.1) is 18.2 Å². The van der Waals surface area contributed by atoms with E-state index >= 15 is 0 Å². The fourth-order valence-electron chi connectivity index (χ4n) is 1.40. The minimum atomic E-state index is -0.562. The number of aromatic nitrogens is 2. The summed E-state index contributed by atoms with van der Waals surface area (Å²) in [6, 6.07) is 6.51. The molecule has 0 aliphatic rings. The van der Waals surface area contributed by atoms with Crippen molar-refractivity contribution in [2.45, 2.75) is 6.42 Å². The Morgan fingerprint density at radius 3 is 2.82 bits per heavy atom. The third kappa shape index (κ3) is 2.42. The first kappa shape index (κ1) is 11.1. The Morgan fingerprint density at radius 1 is 1.24 bits per heavy atom. The molecule has 0 aliphatic carbocycles. The van der Waals surface area contributed by atoms with Crippen molar-refractivity contribution in [2.24, 2.45) is 0 Å². The summed E-state index contributed by atoms with van der Waals surface area (Å²) in [4.78, 5) is 7.85. The van der Waals surface area contributed by atoms with Crippen LogP contribution in [0.4, 0.5) is 8.78 Å². The van der Waals surface area contributed by atoms with E-state index < -0.39 is 11.6 Å². The zero-order valence-electron chi connectivity index (χ0n) is 8.69. The van der Waals surface area contributed by atoms with Gasteiger partial charge in [0.15, 0.2) is 0 Å². The third-order valence-electron chi connectivity index (χ3n) is 2.15. The van der Waals surface area contributed by atoms with Crippen molar-refractivity contribution < 1.29 is 8.78 Å². The molecule has 3 nitrogen and oxygen atoms in total. The van der Waals surface area contributed by atoms with Crippen LogP contribution in [0, 0.1) is 23.0 Å². The van der Waals surface area contributed by atoms with Gasteiger partial charge in [0.2, 0.25) is 0 Å². The van der Waals surface area contributed by atoms with Gasteiger partial charge in [0, 0.05) is 11.8 Å². The predicted octanol–water partition coefficient (Wildman–Crippen LogP) is 2.49. The van der Waals surface area contributed by atoms with Crippen LogP contribution in [0.15, 0.2) is 30.5 Å². The molecule has 0 radical (unpaired) electrons. The average Bonchev–Trinajstić information content (AvgIpc) is 2.33. The van der Waals surface area contributed by atoms with Crippen molar-refractivity contribution in [3.63, 3.8) is 0 Å². The zero-order chi connectivity index (χ0) is 12.3. The maximum absolute atomic E-state index is 13.5. The maximum atomic E-state index is 13.5. The van der Waals surface area contributed by atoms with Crippen molar-refractivity contribution in [3.05, 3.63) is 47.9 Å². The van der Waals surface area contributed by atoms with Crippen LogP contribution in [-0.4, -0.2) is 9.97 Å². The quantitative estimate of drug-likeness (QED) is 0.797. The Hall–Kier alpha value is -2.35. The fraction of sp³-hybridized carbons (Fsp3) is 0.0833. The second kappa shape index (κ2) is 4.66. The Bertz CT molecular complexity index is 591. The normalized spacial score (nSPS) is 9.94. The van der Waals surface area contributed by atoms with Crippen LogP contribution in [0.5, 0.6) is 0 Å². The predicted molar refractivity (Wildman–Crippen MR) is 56.7 cm³/mol. The molecule has 0 N–H and O–H groups in total. The number of halogens is 2. The smallest absolute Gasteiger partial charge is 0.142 e. The lowest BCUT2D eigenvalue weighted by molar-refractivity contribution is 0.602. The first-order valence-electron chi connectivity index (χ1n) is 4.85. The molecule has 1 heterocycles. The molecule has 0 unspecified atom stereocenters. The monoisotopic (exact) mass is 231 g/mol. The first-order valence-corrected chi connectivity index (χ1v) is 4.85. The lowest BCUT2D eigenvalue weighted by atomic mass is 10.1. The van der Waals surface area contributed by atoms with Crippen molar-refractivity contribution in [3.8, 4) is 17.3 Å². The van der Waals surface area contributed by atoms with Gasteiger partial charge in [-0.05, 0) is 24.3 Å². The molecule has 2 rings (SSSR count). The van der Waals surface area contributed by atoms with E-state index in [1.807, 2.05) is 6.07 Å². The summed E-state index contributed by atoms with van der Waals surface area (Å²) in [5.74, 6) is -0.816. The van der Waals surface area contributed by atoms with Gasteiger partial charge in [-0.1, -0.05) is 0 Å². The second-order valence-corrected chi connectivity index (χ2v) is 3.32. The standard InChI is InChI=1S/C12H7F2N3/c13-8-1-2-10(14)9(7-8)11-4-6-16-12(17-11)3-5-15/h1-2,4,6-7H,3H2. The Labute approximate surface area is 96.4 Å². The molecule has 2 aromatic rings. The molecule has 0 saturated heterocycles. The van der Waals surface area contributed by atoms with Gasteiger partial charge >= 0.3 is 0 Å². The van der Waals surface area contributed by atoms with Crippen LogP contribution >= 0.6 is 0 Å². The molecule has 0 fully saturated rings. The first-order chi connectivity index (χ1) is 8.20. The van der Waals surface area contributed by atoms with E-state index in [2.05, 4.69) is 9.97 Å². The van der Waals surface area contributed by atoms with E-state index in [4.69, 9.17) is 5.26 Å². The zero-order valence-corrected chi connectivity index (χ0v) is 8.69. The number of nitrogens with zero attached hydrogens (tertiary/aromatic N) is 3. The van der Waals surface area contributed by atoms with Gasteiger partial charge in [0.25, 0.3) is 0 Å². The fourth-order valence-corrected chi connectivity index (χ4v) is 1.40. The van der Waals surface area contributed by atoms with Crippen LogP contribution < -0.4 is 0 Å². The van der Waals surface area contributed by atoms with Crippen LogP contribution in [0.2, 0.25) is 0 Å². The third-order valence-corrected chi connectivity index (χ3v) is 2.15. The summed E-state index contributed by atoms with van der Waals surface area (Å²) in [5, 5.41) is 8.52. The molecule has 5 heteroatoms. The summed E-state index contributed by atoms with van der Waals surface area (Å²) in [5.41, 5.74) is 0.328. The highest BCUT2D eigenvalue weighted by Gasteiger charge is 2.08. The minimum Gasteiger partial charge on any atom is -0.240 e. The molecule has 0 amide bonds. The van der Waals surface area contributed by atoms with Crippen LogP contribution in [0.3, 0.4) is 0 Å². The average molecular weight is 231 g/mol. The number of nitriles is 1. The van der Waals surface area contributed by atoms with Crippen LogP contribution in [0.25, 0.3) is 11.3 Å². The molecule has 0 saturated carbocycles. The van der Waals surface area contributed by atoms with E-state index in [1.54, 1.807) is 0 Å². The highest BCUT2D eigenvalue weighted by molar-refractivity contribution is 5.59. The molecule has 17 heavy (non-hydrogen) atoms. The van der Waals surface area contributed by atoms with Crippen LogP contribution in [0.1, 0.15) is 5.82 Å². The van der Waals surface area contributed by atoms with Crippen molar-refractivity contribution in [2.75, 3.05) is 0 Å². The van der Waals surface area contributed by atoms with Gasteiger partial charge < -0.3 is 0 Å². The summed E-state index contributed by atoms with van der Waals surface area (Å²) >= 11 is 0. The summed E-state index contributed by atoms with van der Waals surface area (Å²) < 4.78 is 26.5. The number of hydrogen-bond donors (Lipinski definition) is 0. The highest BCUT2D eigenvalue weighted by Crippen LogP contribution is 2.21. The molecule has 0 bridgehead atoms. The molecule has 1 aromatic carbocycles. The number of rotatable bonds is 2. The number of benzene rings is 1. The molecular formula is C12H7F2N3. The second-order valence-electron chi connectivity index (χ2n) is 3.32. The van der Waals surface area contributed by atoms with E-state index in [-0.39, 0.29) is 23.5 Å². The van der Waals surface area contributed by atoms with E-state index in [0.717, 1.165) is 18.2 Å². The molecule has 0 spiro atoms. The van der Waals surface area contributed by atoms with Gasteiger partial charge in [-0.25, -0.2) is 18.7 Å². The van der Waals surface area contributed by atoms with E-state index in [0.29, 0.717) is 0 Å². The molecular weight excluding hydrogens is 224 g/mol. The molecule has 0 atom stereocenters. The van der Waals surface area contributed by atoms with E-state index in [1.165, 1.54) is 12.3 Å². The lowest BCUT2D eigenvalue weighted by Crippen LogP contribution is -1.96. The Kier molecular flexibility index (Phi) is 3.06. The Balaban J connectivity index is 2.49. The highest BCUT2D eigenvalue weighted by atomic mass is 19.1. The lowest BCUT2D eigenvalue weighted by Gasteiger charge is -2.03. The van der Waals surface area contributed by atoms with Crippen LogP contribution in [-0.2, 0) is 6.42 Å². The number of hydrogen-bond acceptors (Lipinski definition) is 3. The SMILES string of the molecule is N#CCc1nccc(-c2cc(F)ccc2F)n1.